The molecule has 0 amide bonds. The Morgan fingerprint density at radius 3 is 2.25 bits per heavy atom. The first-order chi connectivity index (χ1) is 7.58. The zero-order valence-electron chi connectivity index (χ0n) is 10.5. The molecule has 1 fully saturated rings. The van der Waals surface area contributed by atoms with Crippen LogP contribution in [-0.2, 0) is 0 Å². The molecule has 0 aliphatic carbocycles. The highest BCUT2D eigenvalue weighted by Gasteiger charge is 2.27. The van der Waals surface area contributed by atoms with Gasteiger partial charge < -0.3 is 4.90 Å². The fourth-order valence-electron chi connectivity index (χ4n) is 2.14. The number of anilines is 1. The molecule has 0 spiro atoms. The first kappa shape index (κ1) is 11.3. The standard InChI is InChI=1S/C12H20N4/c1-9-5-14-12(6-13-9)16-7-10(2)15(4)11(3)8-16/h5-6,10-11H,7-8H2,1-4H3/t10-,11+. The third-order valence-corrected chi connectivity index (χ3v) is 3.45. The lowest BCUT2D eigenvalue weighted by atomic mass is 10.1. The Balaban J connectivity index is 2.13. The molecule has 1 aliphatic heterocycles. The van der Waals surface area contributed by atoms with Gasteiger partial charge in [-0.1, -0.05) is 0 Å². The highest BCUT2D eigenvalue weighted by molar-refractivity contribution is 5.37. The second kappa shape index (κ2) is 4.37. The van der Waals surface area contributed by atoms with E-state index in [1.807, 2.05) is 19.3 Å². The third kappa shape index (κ3) is 2.16. The van der Waals surface area contributed by atoms with Crippen molar-refractivity contribution in [3.63, 3.8) is 0 Å². The second-order valence-corrected chi connectivity index (χ2v) is 4.78. The van der Waals surface area contributed by atoms with Crippen LogP contribution in [0.3, 0.4) is 0 Å². The average molecular weight is 220 g/mol. The molecule has 2 heterocycles. The van der Waals surface area contributed by atoms with E-state index < -0.39 is 0 Å². The molecule has 2 atom stereocenters. The van der Waals surface area contributed by atoms with Crippen LogP contribution in [0.25, 0.3) is 0 Å². The highest BCUT2D eigenvalue weighted by Crippen LogP contribution is 2.18. The lowest BCUT2D eigenvalue weighted by molar-refractivity contribution is 0.169. The number of piperazine rings is 1. The predicted octanol–water partition coefficient (Wildman–Crippen LogP) is 1.31. The number of rotatable bonds is 1. The number of likely N-dealkylation sites (N-methyl/N-ethyl adjacent to an activating group) is 1. The van der Waals surface area contributed by atoms with Crippen LogP contribution in [0.2, 0.25) is 0 Å². The average Bonchev–Trinajstić information content (AvgIpc) is 2.26. The zero-order valence-corrected chi connectivity index (χ0v) is 10.5. The lowest BCUT2D eigenvalue weighted by Crippen LogP contribution is -2.55. The van der Waals surface area contributed by atoms with Crippen LogP contribution in [0, 0.1) is 6.92 Å². The van der Waals surface area contributed by atoms with E-state index in [-0.39, 0.29) is 0 Å². The molecule has 0 aromatic carbocycles. The molecule has 4 nitrogen and oxygen atoms in total. The van der Waals surface area contributed by atoms with Crippen LogP contribution in [-0.4, -0.2) is 47.1 Å². The van der Waals surface area contributed by atoms with Gasteiger partial charge in [0.2, 0.25) is 0 Å². The van der Waals surface area contributed by atoms with E-state index in [0.29, 0.717) is 12.1 Å². The van der Waals surface area contributed by atoms with Gasteiger partial charge in [0.25, 0.3) is 0 Å². The summed E-state index contributed by atoms with van der Waals surface area (Å²) in [6, 6.07) is 1.12. The number of nitrogens with zero attached hydrogens (tertiary/aromatic N) is 4. The lowest BCUT2D eigenvalue weighted by Gasteiger charge is -2.42. The second-order valence-electron chi connectivity index (χ2n) is 4.78. The minimum Gasteiger partial charge on any atom is -0.352 e. The van der Waals surface area contributed by atoms with Gasteiger partial charge in [0.15, 0.2) is 0 Å². The highest BCUT2D eigenvalue weighted by atomic mass is 15.3. The van der Waals surface area contributed by atoms with E-state index in [2.05, 4.69) is 40.7 Å². The summed E-state index contributed by atoms with van der Waals surface area (Å²) >= 11 is 0. The fraction of sp³-hybridized carbons (Fsp3) is 0.667. The molecule has 16 heavy (non-hydrogen) atoms. The topological polar surface area (TPSA) is 32.3 Å². The molecule has 1 aromatic heterocycles. The molecular formula is C12H20N4. The van der Waals surface area contributed by atoms with Gasteiger partial charge in [0, 0.05) is 25.2 Å². The van der Waals surface area contributed by atoms with Crippen LogP contribution in [0.15, 0.2) is 12.4 Å². The number of hydrogen-bond acceptors (Lipinski definition) is 4. The van der Waals surface area contributed by atoms with E-state index in [4.69, 9.17) is 0 Å². The number of aromatic nitrogens is 2. The summed E-state index contributed by atoms with van der Waals surface area (Å²) in [4.78, 5) is 13.5. The third-order valence-electron chi connectivity index (χ3n) is 3.45. The van der Waals surface area contributed by atoms with E-state index >= 15 is 0 Å². The van der Waals surface area contributed by atoms with Crippen molar-refractivity contribution >= 4 is 5.82 Å². The summed E-state index contributed by atoms with van der Waals surface area (Å²) < 4.78 is 0. The molecule has 0 radical (unpaired) electrons. The first-order valence-electron chi connectivity index (χ1n) is 5.83. The molecule has 1 saturated heterocycles. The van der Waals surface area contributed by atoms with Crippen molar-refractivity contribution < 1.29 is 0 Å². The van der Waals surface area contributed by atoms with Gasteiger partial charge in [0.1, 0.15) is 5.82 Å². The molecule has 1 aromatic rings. The normalized spacial score (nSPS) is 27.1. The zero-order chi connectivity index (χ0) is 11.7. The van der Waals surface area contributed by atoms with Crippen molar-refractivity contribution in [3.8, 4) is 0 Å². The van der Waals surface area contributed by atoms with Crippen LogP contribution >= 0.6 is 0 Å². The van der Waals surface area contributed by atoms with Crippen molar-refractivity contribution in [2.75, 3.05) is 25.0 Å². The predicted molar refractivity (Wildman–Crippen MR) is 65.7 cm³/mol. The van der Waals surface area contributed by atoms with E-state index in [0.717, 1.165) is 24.6 Å². The van der Waals surface area contributed by atoms with Crippen LogP contribution < -0.4 is 4.90 Å². The Kier molecular flexibility index (Phi) is 3.10. The van der Waals surface area contributed by atoms with Gasteiger partial charge in [-0.15, -0.1) is 0 Å². The quantitative estimate of drug-likeness (QED) is 0.714. The molecule has 0 N–H and O–H groups in total. The maximum Gasteiger partial charge on any atom is 0.147 e. The number of hydrogen-bond donors (Lipinski definition) is 0. The van der Waals surface area contributed by atoms with Crippen molar-refractivity contribution in [2.24, 2.45) is 0 Å². The summed E-state index contributed by atoms with van der Waals surface area (Å²) in [6.07, 6.45) is 3.71. The summed E-state index contributed by atoms with van der Waals surface area (Å²) in [5, 5.41) is 0. The Labute approximate surface area is 97.3 Å². The summed E-state index contributed by atoms with van der Waals surface area (Å²) in [6.45, 7) is 8.53. The smallest absolute Gasteiger partial charge is 0.147 e. The van der Waals surface area contributed by atoms with Gasteiger partial charge in [-0.25, -0.2) is 4.98 Å². The molecular weight excluding hydrogens is 200 g/mol. The van der Waals surface area contributed by atoms with E-state index in [9.17, 15) is 0 Å². The van der Waals surface area contributed by atoms with Gasteiger partial charge in [-0.2, -0.15) is 0 Å². The Morgan fingerprint density at radius 1 is 1.12 bits per heavy atom. The summed E-state index contributed by atoms with van der Waals surface area (Å²) in [5.74, 6) is 0.998. The molecule has 0 bridgehead atoms. The molecule has 0 unspecified atom stereocenters. The maximum absolute atomic E-state index is 4.44. The van der Waals surface area contributed by atoms with Crippen LogP contribution in [0.5, 0.6) is 0 Å². The van der Waals surface area contributed by atoms with Crippen molar-refractivity contribution in [2.45, 2.75) is 32.9 Å². The molecule has 4 heteroatoms. The van der Waals surface area contributed by atoms with E-state index in [1.54, 1.807) is 0 Å². The van der Waals surface area contributed by atoms with Gasteiger partial charge in [-0.3, -0.25) is 9.88 Å². The monoisotopic (exact) mass is 220 g/mol. The minimum absolute atomic E-state index is 0.562. The van der Waals surface area contributed by atoms with Crippen molar-refractivity contribution in [1.29, 1.82) is 0 Å². The molecule has 1 aliphatic rings. The SMILES string of the molecule is Cc1cnc(N2C[C@@H](C)N(C)[C@@H](C)C2)cn1. The van der Waals surface area contributed by atoms with Crippen LogP contribution in [0.4, 0.5) is 5.82 Å². The Hall–Kier alpha value is -1.16. The maximum atomic E-state index is 4.44. The van der Waals surface area contributed by atoms with Gasteiger partial charge >= 0.3 is 0 Å². The fourth-order valence-corrected chi connectivity index (χ4v) is 2.14. The molecule has 88 valence electrons. The Morgan fingerprint density at radius 2 is 1.75 bits per heavy atom. The molecule has 2 rings (SSSR count). The summed E-state index contributed by atoms with van der Waals surface area (Å²) in [5.41, 5.74) is 0.971. The summed E-state index contributed by atoms with van der Waals surface area (Å²) in [7, 11) is 2.19. The van der Waals surface area contributed by atoms with Crippen molar-refractivity contribution in [3.05, 3.63) is 18.1 Å². The first-order valence-corrected chi connectivity index (χ1v) is 5.83. The number of aryl methyl sites for hydroxylation is 1. The minimum atomic E-state index is 0.562. The van der Waals surface area contributed by atoms with Crippen LogP contribution in [0.1, 0.15) is 19.5 Å². The van der Waals surface area contributed by atoms with Crippen molar-refractivity contribution in [1.82, 2.24) is 14.9 Å². The van der Waals surface area contributed by atoms with E-state index in [1.165, 1.54) is 0 Å². The molecule has 0 saturated carbocycles. The Bertz CT molecular complexity index is 337. The largest absolute Gasteiger partial charge is 0.352 e. The van der Waals surface area contributed by atoms with Gasteiger partial charge in [0.05, 0.1) is 18.1 Å². The van der Waals surface area contributed by atoms with Gasteiger partial charge in [-0.05, 0) is 27.8 Å².